The molecule has 6 heteroatoms. The first-order valence-corrected chi connectivity index (χ1v) is 7.32. The molecular formula is C14H18FNO3S. The van der Waals surface area contributed by atoms with Gasteiger partial charge in [-0.05, 0) is 37.6 Å². The van der Waals surface area contributed by atoms with Gasteiger partial charge in [0.25, 0.3) is 0 Å². The van der Waals surface area contributed by atoms with Crippen molar-refractivity contribution in [1.29, 1.82) is 0 Å². The Kier molecular flexibility index (Phi) is 6.51. The molecule has 0 aromatic heterocycles. The Morgan fingerprint density at radius 1 is 1.35 bits per heavy atom. The molecule has 1 atom stereocenters. The van der Waals surface area contributed by atoms with E-state index in [9.17, 15) is 14.0 Å². The van der Waals surface area contributed by atoms with Crippen molar-refractivity contribution in [2.75, 3.05) is 12.3 Å². The van der Waals surface area contributed by atoms with Crippen LogP contribution in [0.4, 0.5) is 4.39 Å². The molecule has 1 rings (SSSR count). The molecule has 0 aliphatic carbocycles. The first-order chi connectivity index (χ1) is 9.43. The first-order valence-electron chi connectivity index (χ1n) is 6.33. The van der Waals surface area contributed by atoms with Gasteiger partial charge in [-0.25, -0.2) is 4.39 Å². The van der Waals surface area contributed by atoms with Crippen molar-refractivity contribution >= 4 is 23.6 Å². The lowest BCUT2D eigenvalue weighted by atomic mass is 10.2. The second-order valence-electron chi connectivity index (χ2n) is 4.42. The second kappa shape index (κ2) is 7.89. The summed E-state index contributed by atoms with van der Waals surface area (Å²) in [5, 5.41) is 8.85. The highest BCUT2D eigenvalue weighted by Gasteiger charge is 2.21. The van der Waals surface area contributed by atoms with Gasteiger partial charge < -0.3 is 10.0 Å². The average Bonchev–Trinajstić information content (AvgIpc) is 2.42. The molecule has 0 spiro atoms. The van der Waals surface area contributed by atoms with Crippen LogP contribution in [0.5, 0.6) is 0 Å². The van der Waals surface area contributed by atoms with E-state index in [1.807, 2.05) is 13.8 Å². The highest BCUT2D eigenvalue weighted by Crippen LogP contribution is 2.19. The van der Waals surface area contributed by atoms with Crippen LogP contribution in [0.3, 0.4) is 0 Å². The first kappa shape index (κ1) is 16.5. The summed E-state index contributed by atoms with van der Waals surface area (Å²) in [6, 6.07) is 5.73. The van der Waals surface area contributed by atoms with Gasteiger partial charge in [-0.15, -0.1) is 11.8 Å². The number of carboxylic acids is 1. The zero-order chi connectivity index (χ0) is 15.1. The summed E-state index contributed by atoms with van der Waals surface area (Å²) < 4.78 is 12.8. The van der Waals surface area contributed by atoms with Crippen LogP contribution in [0, 0.1) is 5.82 Å². The number of hydrogen-bond donors (Lipinski definition) is 1. The molecule has 0 saturated carbocycles. The van der Waals surface area contributed by atoms with Gasteiger partial charge in [0.1, 0.15) is 12.4 Å². The predicted molar refractivity (Wildman–Crippen MR) is 76.2 cm³/mol. The molecule has 4 nitrogen and oxygen atoms in total. The SMILES string of the molecule is CCC(C)N(CC(=O)O)C(=O)CSc1ccc(F)cc1. The van der Waals surface area contributed by atoms with Crippen LogP contribution in [0.15, 0.2) is 29.2 Å². The number of nitrogens with zero attached hydrogens (tertiary/aromatic N) is 1. The number of rotatable bonds is 7. The molecular weight excluding hydrogens is 281 g/mol. The third kappa shape index (κ3) is 5.21. The number of halogens is 1. The standard InChI is InChI=1S/C14H18FNO3S/c1-3-10(2)16(8-14(18)19)13(17)9-20-12-6-4-11(15)5-7-12/h4-7,10H,3,8-9H2,1-2H3,(H,18,19). The normalized spacial score (nSPS) is 11.9. The van der Waals surface area contributed by atoms with Crippen molar-refractivity contribution in [2.45, 2.75) is 31.2 Å². The Labute approximate surface area is 122 Å². The van der Waals surface area contributed by atoms with Crippen LogP contribution in [0.2, 0.25) is 0 Å². The molecule has 0 aliphatic rings. The van der Waals surface area contributed by atoms with E-state index in [4.69, 9.17) is 5.11 Å². The van der Waals surface area contributed by atoms with E-state index in [0.717, 1.165) is 4.90 Å². The molecule has 0 bridgehead atoms. The maximum Gasteiger partial charge on any atom is 0.323 e. The summed E-state index contributed by atoms with van der Waals surface area (Å²) in [6.45, 7) is 3.43. The molecule has 0 aliphatic heterocycles. The molecule has 0 saturated heterocycles. The van der Waals surface area contributed by atoms with Crippen molar-refractivity contribution in [2.24, 2.45) is 0 Å². The monoisotopic (exact) mass is 299 g/mol. The maximum atomic E-state index is 12.8. The Balaban J connectivity index is 2.61. The van der Waals surface area contributed by atoms with E-state index in [-0.39, 0.29) is 30.1 Å². The number of hydrogen-bond acceptors (Lipinski definition) is 3. The van der Waals surface area contributed by atoms with Crippen molar-refractivity contribution < 1.29 is 19.1 Å². The van der Waals surface area contributed by atoms with Gasteiger partial charge in [-0.2, -0.15) is 0 Å². The molecule has 20 heavy (non-hydrogen) atoms. The smallest absolute Gasteiger partial charge is 0.323 e. The molecule has 1 aromatic rings. The highest BCUT2D eigenvalue weighted by atomic mass is 32.2. The summed E-state index contributed by atoms with van der Waals surface area (Å²) in [4.78, 5) is 25.0. The summed E-state index contributed by atoms with van der Waals surface area (Å²) in [5.41, 5.74) is 0. The Morgan fingerprint density at radius 2 is 1.95 bits per heavy atom. The van der Waals surface area contributed by atoms with Crippen LogP contribution in [0.1, 0.15) is 20.3 Å². The van der Waals surface area contributed by atoms with Crippen LogP contribution in [0.25, 0.3) is 0 Å². The highest BCUT2D eigenvalue weighted by molar-refractivity contribution is 8.00. The fourth-order valence-corrected chi connectivity index (χ4v) is 2.40. The summed E-state index contributed by atoms with van der Waals surface area (Å²) >= 11 is 1.27. The molecule has 1 N–H and O–H groups in total. The minimum absolute atomic E-state index is 0.118. The van der Waals surface area contributed by atoms with E-state index < -0.39 is 5.97 Å². The Hall–Kier alpha value is -1.56. The molecule has 0 fully saturated rings. The van der Waals surface area contributed by atoms with E-state index in [1.54, 1.807) is 12.1 Å². The van der Waals surface area contributed by atoms with E-state index in [2.05, 4.69) is 0 Å². The van der Waals surface area contributed by atoms with Crippen LogP contribution < -0.4 is 0 Å². The van der Waals surface area contributed by atoms with Gasteiger partial charge in [0.15, 0.2) is 0 Å². The number of carbonyl (C=O) groups is 2. The molecule has 0 radical (unpaired) electrons. The van der Waals surface area contributed by atoms with Gasteiger partial charge in [0.2, 0.25) is 5.91 Å². The van der Waals surface area contributed by atoms with E-state index in [0.29, 0.717) is 6.42 Å². The van der Waals surface area contributed by atoms with Crippen molar-refractivity contribution in [1.82, 2.24) is 4.90 Å². The van der Waals surface area contributed by atoms with Crippen molar-refractivity contribution in [3.05, 3.63) is 30.1 Å². The van der Waals surface area contributed by atoms with Gasteiger partial charge in [-0.3, -0.25) is 9.59 Å². The zero-order valence-electron chi connectivity index (χ0n) is 11.5. The Bertz CT molecular complexity index is 464. The van der Waals surface area contributed by atoms with Gasteiger partial charge in [-0.1, -0.05) is 6.92 Å². The van der Waals surface area contributed by atoms with Gasteiger partial charge in [0.05, 0.1) is 5.75 Å². The number of aliphatic carboxylic acids is 1. The lowest BCUT2D eigenvalue weighted by Gasteiger charge is -2.26. The number of benzene rings is 1. The lowest BCUT2D eigenvalue weighted by molar-refractivity contribution is -0.144. The fourth-order valence-electron chi connectivity index (χ4n) is 1.61. The van der Waals surface area contributed by atoms with Crippen LogP contribution in [-0.4, -0.2) is 40.2 Å². The zero-order valence-corrected chi connectivity index (χ0v) is 12.3. The maximum absolute atomic E-state index is 12.8. The van der Waals surface area contributed by atoms with Crippen molar-refractivity contribution in [3.63, 3.8) is 0 Å². The minimum atomic E-state index is -1.02. The third-order valence-corrected chi connectivity index (χ3v) is 3.92. The van der Waals surface area contributed by atoms with E-state index >= 15 is 0 Å². The molecule has 1 unspecified atom stereocenters. The molecule has 0 heterocycles. The summed E-state index contributed by atoms with van der Waals surface area (Å²) in [5.74, 6) is -1.43. The average molecular weight is 299 g/mol. The summed E-state index contributed by atoms with van der Waals surface area (Å²) in [7, 11) is 0. The predicted octanol–water partition coefficient (Wildman–Crippen LogP) is 2.63. The van der Waals surface area contributed by atoms with Gasteiger partial charge >= 0.3 is 5.97 Å². The minimum Gasteiger partial charge on any atom is -0.480 e. The lowest BCUT2D eigenvalue weighted by Crippen LogP contribution is -2.42. The number of carboxylic acid groups (broad SMARTS) is 1. The molecule has 110 valence electrons. The quantitative estimate of drug-likeness (QED) is 0.786. The number of carbonyl (C=O) groups excluding carboxylic acids is 1. The van der Waals surface area contributed by atoms with Crippen molar-refractivity contribution in [3.8, 4) is 0 Å². The number of thioether (sulfide) groups is 1. The molecule has 1 aromatic carbocycles. The number of amides is 1. The van der Waals surface area contributed by atoms with E-state index in [1.165, 1.54) is 28.8 Å². The molecule has 1 amide bonds. The van der Waals surface area contributed by atoms with Gasteiger partial charge in [0, 0.05) is 10.9 Å². The largest absolute Gasteiger partial charge is 0.480 e. The fraction of sp³-hybridized carbons (Fsp3) is 0.429. The summed E-state index contributed by atoms with van der Waals surface area (Å²) in [6.07, 6.45) is 0.695. The third-order valence-electron chi connectivity index (χ3n) is 2.92. The van der Waals surface area contributed by atoms with Crippen LogP contribution in [-0.2, 0) is 9.59 Å². The Morgan fingerprint density at radius 3 is 2.45 bits per heavy atom. The second-order valence-corrected chi connectivity index (χ2v) is 5.46. The topological polar surface area (TPSA) is 57.6 Å². The van der Waals surface area contributed by atoms with Crippen LogP contribution >= 0.6 is 11.8 Å².